The Bertz CT molecular complexity index is 511. The second-order valence-corrected chi connectivity index (χ2v) is 6.22. The standard InChI is InChI=1S/C15H21FN2O2/c1-10-8-11(13(16)17-9-10)12-6-5-7-18(12)14(19)20-15(2,3)4/h8-9,12H,5-7H2,1-4H3/t12-/m1/s1. The second kappa shape index (κ2) is 5.38. The normalized spacial score (nSPS) is 19.2. The van der Waals surface area contributed by atoms with Gasteiger partial charge in [0.15, 0.2) is 0 Å². The van der Waals surface area contributed by atoms with E-state index < -0.39 is 11.5 Å². The lowest BCUT2D eigenvalue weighted by Crippen LogP contribution is -2.36. The van der Waals surface area contributed by atoms with Crippen molar-refractivity contribution >= 4 is 6.09 Å². The molecule has 0 aromatic carbocycles. The third-order valence-electron chi connectivity index (χ3n) is 3.24. The van der Waals surface area contributed by atoms with Crippen molar-refractivity contribution in [1.82, 2.24) is 9.88 Å². The maximum Gasteiger partial charge on any atom is 0.410 e. The average Bonchev–Trinajstić information content (AvgIpc) is 2.79. The molecule has 0 spiro atoms. The van der Waals surface area contributed by atoms with Gasteiger partial charge in [-0.25, -0.2) is 9.78 Å². The van der Waals surface area contributed by atoms with Gasteiger partial charge in [0.2, 0.25) is 5.95 Å². The van der Waals surface area contributed by atoms with Gasteiger partial charge in [-0.3, -0.25) is 0 Å². The molecule has 0 unspecified atom stereocenters. The van der Waals surface area contributed by atoms with Crippen LogP contribution in [0.25, 0.3) is 0 Å². The molecule has 0 aliphatic carbocycles. The van der Waals surface area contributed by atoms with Gasteiger partial charge in [-0.05, 0) is 52.2 Å². The van der Waals surface area contributed by atoms with Crippen molar-refractivity contribution in [1.29, 1.82) is 0 Å². The van der Waals surface area contributed by atoms with E-state index in [1.807, 2.05) is 27.7 Å². The van der Waals surface area contributed by atoms with E-state index in [2.05, 4.69) is 4.98 Å². The molecule has 1 saturated heterocycles. The number of amides is 1. The van der Waals surface area contributed by atoms with Crippen LogP contribution in [0.3, 0.4) is 0 Å². The van der Waals surface area contributed by atoms with Crippen LogP contribution < -0.4 is 0 Å². The summed E-state index contributed by atoms with van der Waals surface area (Å²) in [6.45, 7) is 7.93. The monoisotopic (exact) mass is 280 g/mol. The third-order valence-corrected chi connectivity index (χ3v) is 3.24. The number of aromatic nitrogens is 1. The number of pyridine rings is 1. The molecular formula is C15H21FN2O2. The zero-order chi connectivity index (χ0) is 14.9. The molecule has 1 aromatic heterocycles. The molecule has 2 rings (SSSR count). The Balaban J connectivity index is 2.23. The predicted molar refractivity (Wildman–Crippen MR) is 73.8 cm³/mol. The number of carbonyl (C=O) groups excluding carboxylic acids is 1. The average molecular weight is 280 g/mol. The highest BCUT2D eigenvalue weighted by Crippen LogP contribution is 2.34. The number of carbonyl (C=O) groups is 1. The summed E-state index contributed by atoms with van der Waals surface area (Å²) in [5.41, 5.74) is 0.818. The zero-order valence-corrected chi connectivity index (χ0v) is 12.4. The van der Waals surface area contributed by atoms with Crippen molar-refractivity contribution in [2.75, 3.05) is 6.54 Å². The topological polar surface area (TPSA) is 42.4 Å². The molecule has 0 bridgehead atoms. The molecule has 1 aliphatic heterocycles. The van der Waals surface area contributed by atoms with Gasteiger partial charge in [0.1, 0.15) is 5.60 Å². The largest absolute Gasteiger partial charge is 0.444 e. The maximum absolute atomic E-state index is 13.9. The Morgan fingerprint density at radius 1 is 1.50 bits per heavy atom. The minimum Gasteiger partial charge on any atom is -0.444 e. The number of aryl methyl sites for hydroxylation is 1. The third kappa shape index (κ3) is 3.26. The van der Waals surface area contributed by atoms with Crippen LogP contribution in [0, 0.1) is 12.9 Å². The van der Waals surface area contributed by atoms with E-state index in [1.54, 1.807) is 11.0 Å². The number of ether oxygens (including phenoxy) is 1. The van der Waals surface area contributed by atoms with Gasteiger partial charge in [-0.1, -0.05) is 0 Å². The lowest BCUT2D eigenvalue weighted by molar-refractivity contribution is 0.0222. The molecular weight excluding hydrogens is 259 g/mol. The molecule has 1 fully saturated rings. The predicted octanol–water partition coefficient (Wildman–Crippen LogP) is 3.60. The van der Waals surface area contributed by atoms with Crippen molar-refractivity contribution in [3.63, 3.8) is 0 Å². The fraction of sp³-hybridized carbons (Fsp3) is 0.600. The highest BCUT2D eigenvalue weighted by Gasteiger charge is 2.34. The van der Waals surface area contributed by atoms with Crippen molar-refractivity contribution in [3.8, 4) is 0 Å². The highest BCUT2D eigenvalue weighted by molar-refractivity contribution is 5.69. The van der Waals surface area contributed by atoms with Crippen LogP contribution in [0.5, 0.6) is 0 Å². The summed E-state index contributed by atoms with van der Waals surface area (Å²) in [6.07, 6.45) is 2.69. The summed E-state index contributed by atoms with van der Waals surface area (Å²) in [4.78, 5) is 17.5. The molecule has 4 nitrogen and oxygen atoms in total. The molecule has 1 aromatic rings. The molecule has 1 amide bonds. The summed E-state index contributed by atoms with van der Waals surface area (Å²) in [5.74, 6) is -0.504. The number of rotatable bonds is 1. The molecule has 0 radical (unpaired) electrons. The number of hydrogen-bond acceptors (Lipinski definition) is 3. The summed E-state index contributed by atoms with van der Waals surface area (Å²) < 4.78 is 19.3. The van der Waals surface area contributed by atoms with E-state index in [4.69, 9.17) is 4.74 Å². The van der Waals surface area contributed by atoms with Gasteiger partial charge in [0.25, 0.3) is 0 Å². The van der Waals surface area contributed by atoms with E-state index >= 15 is 0 Å². The van der Waals surface area contributed by atoms with Crippen LogP contribution in [0.1, 0.15) is 50.8 Å². The number of hydrogen-bond donors (Lipinski definition) is 0. The highest BCUT2D eigenvalue weighted by atomic mass is 19.1. The van der Waals surface area contributed by atoms with Crippen LogP contribution in [0.4, 0.5) is 9.18 Å². The van der Waals surface area contributed by atoms with Crippen LogP contribution in [0.15, 0.2) is 12.3 Å². The second-order valence-electron chi connectivity index (χ2n) is 6.22. The Kier molecular flexibility index (Phi) is 3.97. The van der Waals surface area contributed by atoms with E-state index in [1.165, 1.54) is 6.20 Å². The molecule has 0 saturated carbocycles. The molecule has 110 valence electrons. The fourth-order valence-electron chi connectivity index (χ4n) is 2.44. The van der Waals surface area contributed by atoms with Gasteiger partial charge in [-0.2, -0.15) is 4.39 Å². The smallest absolute Gasteiger partial charge is 0.410 e. The molecule has 2 heterocycles. The molecule has 0 N–H and O–H groups in total. The minimum atomic E-state index is -0.548. The molecule has 5 heteroatoms. The molecule has 1 aliphatic rings. The fourth-order valence-corrected chi connectivity index (χ4v) is 2.44. The lowest BCUT2D eigenvalue weighted by Gasteiger charge is -2.28. The first-order valence-corrected chi connectivity index (χ1v) is 6.89. The zero-order valence-electron chi connectivity index (χ0n) is 12.4. The number of likely N-dealkylation sites (tertiary alicyclic amines) is 1. The Labute approximate surface area is 118 Å². The van der Waals surface area contributed by atoms with Crippen LogP contribution in [-0.2, 0) is 4.74 Å². The van der Waals surface area contributed by atoms with Crippen LogP contribution in [0.2, 0.25) is 0 Å². The van der Waals surface area contributed by atoms with Gasteiger partial charge in [0.05, 0.1) is 6.04 Å². The Hall–Kier alpha value is -1.65. The lowest BCUT2D eigenvalue weighted by atomic mass is 10.0. The van der Waals surface area contributed by atoms with E-state index in [9.17, 15) is 9.18 Å². The Morgan fingerprint density at radius 2 is 2.20 bits per heavy atom. The summed E-state index contributed by atoms with van der Waals surface area (Å²) in [7, 11) is 0. The summed E-state index contributed by atoms with van der Waals surface area (Å²) in [6, 6.07) is 1.48. The van der Waals surface area contributed by atoms with Crippen molar-refractivity contribution in [2.45, 2.75) is 52.2 Å². The van der Waals surface area contributed by atoms with Gasteiger partial charge >= 0.3 is 6.09 Å². The molecule has 1 atom stereocenters. The number of halogens is 1. The summed E-state index contributed by atoms with van der Waals surface area (Å²) >= 11 is 0. The van der Waals surface area contributed by atoms with Crippen molar-refractivity contribution < 1.29 is 13.9 Å². The van der Waals surface area contributed by atoms with Crippen molar-refractivity contribution in [3.05, 3.63) is 29.3 Å². The van der Waals surface area contributed by atoms with E-state index in [-0.39, 0.29) is 12.1 Å². The quantitative estimate of drug-likeness (QED) is 0.738. The minimum absolute atomic E-state index is 0.280. The summed E-state index contributed by atoms with van der Waals surface area (Å²) in [5, 5.41) is 0. The van der Waals surface area contributed by atoms with Crippen LogP contribution >= 0.6 is 0 Å². The van der Waals surface area contributed by atoms with Gasteiger partial charge in [0, 0.05) is 18.3 Å². The van der Waals surface area contributed by atoms with E-state index in [0.717, 1.165) is 18.4 Å². The van der Waals surface area contributed by atoms with Gasteiger partial charge < -0.3 is 9.64 Å². The first-order valence-electron chi connectivity index (χ1n) is 6.89. The first kappa shape index (κ1) is 14.8. The Morgan fingerprint density at radius 3 is 2.85 bits per heavy atom. The van der Waals surface area contributed by atoms with E-state index in [0.29, 0.717) is 12.1 Å². The first-order chi connectivity index (χ1) is 9.28. The van der Waals surface area contributed by atoms with Crippen LogP contribution in [-0.4, -0.2) is 28.1 Å². The van der Waals surface area contributed by atoms with Gasteiger partial charge in [-0.15, -0.1) is 0 Å². The van der Waals surface area contributed by atoms with Crippen molar-refractivity contribution in [2.24, 2.45) is 0 Å². The SMILES string of the molecule is Cc1cnc(F)c([C@H]2CCCN2C(=O)OC(C)(C)C)c1. The number of nitrogens with zero attached hydrogens (tertiary/aromatic N) is 2. The molecule has 20 heavy (non-hydrogen) atoms. The maximum atomic E-state index is 13.9.